The summed E-state index contributed by atoms with van der Waals surface area (Å²) in [6, 6.07) is 5.18. The normalized spacial score (nSPS) is 18.0. The molecule has 2 aromatic heterocycles. The Bertz CT molecular complexity index is 725. The Morgan fingerprint density at radius 1 is 1.43 bits per heavy atom. The van der Waals surface area contributed by atoms with E-state index in [0.717, 1.165) is 17.7 Å². The van der Waals surface area contributed by atoms with Gasteiger partial charge < -0.3 is 9.88 Å². The van der Waals surface area contributed by atoms with Crippen molar-refractivity contribution in [1.82, 2.24) is 19.9 Å². The Balaban J connectivity index is 1.77. The molecule has 0 radical (unpaired) electrons. The molecule has 1 saturated heterocycles. The van der Waals surface area contributed by atoms with Gasteiger partial charge in [0.25, 0.3) is 11.5 Å². The summed E-state index contributed by atoms with van der Waals surface area (Å²) in [7, 11) is 0. The average molecular weight is 284 g/mol. The number of pyridine rings is 1. The van der Waals surface area contributed by atoms with Gasteiger partial charge in [-0.15, -0.1) is 0 Å². The second-order valence-electron chi connectivity index (χ2n) is 5.24. The van der Waals surface area contributed by atoms with Crippen LogP contribution in [0.3, 0.4) is 0 Å². The minimum absolute atomic E-state index is 0.192. The number of hydrogen-bond acceptors (Lipinski definition) is 4. The monoisotopic (exact) mass is 284 g/mol. The van der Waals surface area contributed by atoms with Gasteiger partial charge in [0.2, 0.25) is 0 Å². The molecule has 0 bridgehead atoms. The lowest BCUT2D eigenvalue weighted by atomic mass is 10.0. The van der Waals surface area contributed by atoms with Gasteiger partial charge in [-0.3, -0.25) is 14.6 Å². The van der Waals surface area contributed by atoms with E-state index in [4.69, 9.17) is 0 Å². The van der Waals surface area contributed by atoms with Crippen molar-refractivity contribution in [3.8, 4) is 0 Å². The number of aromatic nitrogens is 3. The molecule has 1 unspecified atom stereocenters. The number of nitrogens with zero attached hydrogens (tertiary/aromatic N) is 3. The molecule has 0 saturated carbocycles. The van der Waals surface area contributed by atoms with Crippen molar-refractivity contribution in [2.75, 3.05) is 13.1 Å². The van der Waals surface area contributed by atoms with Crippen LogP contribution in [0.4, 0.5) is 0 Å². The van der Waals surface area contributed by atoms with E-state index in [2.05, 4.69) is 15.0 Å². The molecule has 0 aliphatic carbocycles. The van der Waals surface area contributed by atoms with Crippen LogP contribution in [0.2, 0.25) is 0 Å². The zero-order valence-electron chi connectivity index (χ0n) is 11.7. The van der Waals surface area contributed by atoms with Crippen molar-refractivity contribution in [3.05, 3.63) is 58.0 Å². The van der Waals surface area contributed by atoms with Crippen LogP contribution in [-0.4, -0.2) is 38.8 Å². The van der Waals surface area contributed by atoms with Crippen molar-refractivity contribution in [1.29, 1.82) is 0 Å². The van der Waals surface area contributed by atoms with E-state index in [-0.39, 0.29) is 23.1 Å². The highest BCUT2D eigenvalue weighted by Gasteiger charge is 2.30. The molecule has 0 spiro atoms. The van der Waals surface area contributed by atoms with E-state index >= 15 is 0 Å². The van der Waals surface area contributed by atoms with Crippen LogP contribution in [0.5, 0.6) is 0 Å². The zero-order chi connectivity index (χ0) is 14.8. The summed E-state index contributed by atoms with van der Waals surface area (Å²) >= 11 is 0. The lowest BCUT2D eigenvalue weighted by Gasteiger charge is -2.16. The van der Waals surface area contributed by atoms with E-state index in [1.807, 2.05) is 19.1 Å². The van der Waals surface area contributed by atoms with Gasteiger partial charge in [-0.2, -0.15) is 0 Å². The summed E-state index contributed by atoms with van der Waals surface area (Å²) in [6.45, 7) is 3.31. The molecule has 3 rings (SSSR count). The molecule has 1 atom stereocenters. The molecule has 1 N–H and O–H groups in total. The molecule has 3 heterocycles. The SMILES string of the molecule is Cc1cccnc1C1CCN(C(=O)c2cc(=O)[nH]cn2)C1. The number of H-pyrrole nitrogens is 1. The molecule has 6 heteroatoms. The van der Waals surface area contributed by atoms with Gasteiger partial charge >= 0.3 is 0 Å². The van der Waals surface area contributed by atoms with E-state index in [9.17, 15) is 9.59 Å². The molecule has 6 nitrogen and oxygen atoms in total. The topological polar surface area (TPSA) is 79.0 Å². The Hall–Kier alpha value is -2.50. The first-order valence-electron chi connectivity index (χ1n) is 6.90. The Labute approximate surface area is 121 Å². The van der Waals surface area contributed by atoms with Crippen molar-refractivity contribution >= 4 is 5.91 Å². The second-order valence-corrected chi connectivity index (χ2v) is 5.24. The summed E-state index contributed by atoms with van der Waals surface area (Å²) in [5.74, 6) is 0.0503. The number of hydrogen-bond donors (Lipinski definition) is 1. The highest BCUT2D eigenvalue weighted by atomic mass is 16.2. The van der Waals surface area contributed by atoms with Crippen molar-refractivity contribution in [2.24, 2.45) is 0 Å². The zero-order valence-corrected chi connectivity index (χ0v) is 11.7. The van der Waals surface area contributed by atoms with Crippen LogP contribution < -0.4 is 5.56 Å². The number of nitrogens with one attached hydrogen (secondary N) is 1. The van der Waals surface area contributed by atoms with Crippen LogP contribution in [0, 0.1) is 6.92 Å². The summed E-state index contributed by atoms with van der Waals surface area (Å²) in [5, 5.41) is 0. The number of rotatable bonds is 2. The van der Waals surface area contributed by atoms with Crippen molar-refractivity contribution in [3.63, 3.8) is 0 Å². The lowest BCUT2D eigenvalue weighted by Crippen LogP contribution is -2.30. The maximum atomic E-state index is 12.4. The molecular weight excluding hydrogens is 268 g/mol. The van der Waals surface area contributed by atoms with Crippen LogP contribution in [0.25, 0.3) is 0 Å². The number of amides is 1. The predicted molar refractivity (Wildman–Crippen MR) is 77.1 cm³/mol. The second kappa shape index (κ2) is 5.47. The maximum absolute atomic E-state index is 12.4. The highest BCUT2D eigenvalue weighted by molar-refractivity contribution is 5.92. The third-order valence-corrected chi connectivity index (χ3v) is 3.81. The predicted octanol–water partition coefficient (Wildman–Crippen LogP) is 1.10. The van der Waals surface area contributed by atoms with E-state index in [0.29, 0.717) is 13.1 Å². The third-order valence-electron chi connectivity index (χ3n) is 3.81. The number of carbonyl (C=O) groups is 1. The standard InChI is InChI=1S/C15H16N4O2/c1-10-3-2-5-16-14(10)11-4-6-19(8-11)15(21)12-7-13(20)18-9-17-12/h2-3,5,7,9,11H,4,6,8H2,1H3,(H,17,18,20). The first-order chi connectivity index (χ1) is 10.1. The van der Waals surface area contributed by atoms with Crippen molar-refractivity contribution < 1.29 is 4.79 Å². The van der Waals surface area contributed by atoms with Gasteiger partial charge in [-0.1, -0.05) is 6.07 Å². The molecule has 1 fully saturated rings. The molecule has 108 valence electrons. The molecule has 1 amide bonds. The van der Waals surface area contributed by atoms with Crippen LogP contribution >= 0.6 is 0 Å². The quantitative estimate of drug-likeness (QED) is 0.895. The van der Waals surface area contributed by atoms with Gasteiger partial charge in [0.05, 0.1) is 6.33 Å². The maximum Gasteiger partial charge on any atom is 0.272 e. The van der Waals surface area contributed by atoms with Crippen LogP contribution in [0.1, 0.15) is 34.1 Å². The molecule has 2 aromatic rings. The summed E-state index contributed by atoms with van der Waals surface area (Å²) in [4.78, 5) is 36.1. The fourth-order valence-electron chi connectivity index (χ4n) is 2.74. The van der Waals surface area contributed by atoms with Gasteiger partial charge in [0, 0.05) is 37.0 Å². The molecule has 1 aliphatic heterocycles. The summed E-state index contributed by atoms with van der Waals surface area (Å²) < 4.78 is 0. The van der Waals surface area contributed by atoms with Gasteiger partial charge in [-0.05, 0) is 25.0 Å². The highest BCUT2D eigenvalue weighted by Crippen LogP contribution is 2.28. The largest absolute Gasteiger partial charge is 0.337 e. The minimum atomic E-state index is -0.315. The molecule has 0 aromatic carbocycles. The Morgan fingerprint density at radius 3 is 3.05 bits per heavy atom. The van der Waals surface area contributed by atoms with Gasteiger partial charge in [-0.25, -0.2) is 4.98 Å². The smallest absolute Gasteiger partial charge is 0.272 e. The van der Waals surface area contributed by atoms with E-state index in [1.54, 1.807) is 11.1 Å². The molecule has 1 aliphatic rings. The molecular formula is C15H16N4O2. The van der Waals surface area contributed by atoms with Crippen LogP contribution in [-0.2, 0) is 0 Å². The number of likely N-dealkylation sites (tertiary alicyclic amines) is 1. The Morgan fingerprint density at radius 2 is 2.29 bits per heavy atom. The van der Waals surface area contributed by atoms with E-state index in [1.165, 1.54) is 12.4 Å². The number of aromatic amines is 1. The number of carbonyl (C=O) groups excluding carboxylic acids is 1. The Kier molecular flexibility index (Phi) is 3.51. The first-order valence-corrected chi connectivity index (χ1v) is 6.90. The fourth-order valence-corrected chi connectivity index (χ4v) is 2.74. The average Bonchev–Trinajstić information content (AvgIpc) is 2.96. The summed E-state index contributed by atoms with van der Waals surface area (Å²) in [6.07, 6.45) is 3.92. The molecule has 21 heavy (non-hydrogen) atoms. The van der Waals surface area contributed by atoms with Crippen molar-refractivity contribution in [2.45, 2.75) is 19.3 Å². The van der Waals surface area contributed by atoms with Crippen LogP contribution in [0.15, 0.2) is 35.5 Å². The first kappa shape index (κ1) is 13.5. The fraction of sp³-hybridized carbons (Fsp3) is 0.333. The lowest BCUT2D eigenvalue weighted by molar-refractivity contribution is 0.0784. The van der Waals surface area contributed by atoms with E-state index < -0.39 is 0 Å². The van der Waals surface area contributed by atoms with Gasteiger partial charge in [0.15, 0.2) is 0 Å². The number of aryl methyl sites for hydroxylation is 1. The van der Waals surface area contributed by atoms with Gasteiger partial charge in [0.1, 0.15) is 5.69 Å². The summed E-state index contributed by atoms with van der Waals surface area (Å²) in [5.41, 5.74) is 2.07. The third kappa shape index (κ3) is 2.69. The minimum Gasteiger partial charge on any atom is -0.337 e.